The quantitative estimate of drug-likeness (QED) is 0.201. The first-order valence-electron chi connectivity index (χ1n) is 14.9. The molecule has 5 saturated heterocycles. The summed E-state index contributed by atoms with van der Waals surface area (Å²) in [4.78, 5) is 17.4. The number of anilines is 1. The van der Waals surface area contributed by atoms with Gasteiger partial charge >= 0.3 is 12.0 Å². The fourth-order valence-electron chi connectivity index (χ4n) is 7.80. The van der Waals surface area contributed by atoms with Gasteiger partial charge in [0.1, 0.15) is 34.1 Å². The van der Waals surface area contributed by atoms with Crippen LogP contribution in [-0.4, -0.2) is 84.9 Å². The van der Waals surface area contributed by atoms with Crippen molar-refractivity contribution in [3.8, 4) is 35.4 Å². The zero-order valence-electron chi connectivity index (χ0n) is 23.7. The second-order valence-electron chi connectivity index (χ2n) is 12.3. The zero-order chi connectivity index (χ0) is 30.4. The number of pyridine rings is 1. The predicted octanol–water partition coefficient (Wildman–Crippen LogP) is 3.01. The molecule has 0 amide bonds. The van der Waals surface area contributed by atoms with Crippen molar-refractivity contribution in [1.29, 1.82) is 0 Å². The molecule has 226 valence electrons. The highest BCUT2D eigenvalue weighted by Gasteiger charge is 2.60. The molecule has 7 heterocycles. The van der Waals surface area contributed by atoms with Gasteiger partial charge in [-0.15, -0.1) is 6.42 Å². The molecule has 2 aromatic carbocycles. The number of ether oxygens (including phenoxy) is 1. The highest BCUT2D eigenvalue weighted by Crippen LogP contribution is 2.46. The molecule has 44 heavy (non-hydrogen) atoms. The van der Waals surface area contributed by atoms with Gasteiger partial charge in [0.2, 0.25) is 0 Å². The van der Waals surface area contributed by atoms with E-state index < -0.39 is 23.1 Å². The lowest BCUT2D eigenvalue weighted by Gasteiger charge is -2.48. The van der Waals surface area contributed by atoms with Crippen LogP contribution in [0.4, 0.5) is 14.6 Å². The number of nitrogens with zero attached hydrogens (tertiary/aromatic N) is 5. The molecule has 5 fully saturated rings. The van der Waals surface area contributed by atoms with Crippen LogP contribution in [0.2, 0.25) is 0 Å². The smallest absolute Gasteiger partial charge is 0.343 e. The summed E-state index contributed by atoms with van der Waals surface area (Å²) >= 11 is 0. The van der Waals surface area contributed by atoms with E-state index in [-0.39, 0.29) is 51.6 Å². The summed E-state index contributed by atoms with van der Waals surface area (Å²) in [6.07, 6.45) is 10.8. The second-order valence-corrected chi connectivity index (χ2v) is 12.3. The average Bonchev–Trinajstić information content (AvgIpc) is 3.60. The lowest BCUT2D eigenvalue weighted by atomic mass is 9.91. The first-order chi connectivity index (χ1) is 21.2. The number of hydrogen-bond acceptors (Lipinski definition) is 10. The molecule has 0 radical (unpaired) electrons. The Morgan fingerprint density at radius 2 is 1.82 bits per heavy atom. The molecule has 2 atom stereocenters. The molecule has 5 aliphatic rings. The zero-order valence-corrected chi connectivity index (χ0v) is 23.7. The average molecular weight is 601 g/mol. The molecule has 4 aromatic rings. The third-order valence-corrected chi connectivity index (χ3v) is 9.80. The van der Waals surface area contributed by atoms with Gasteiger partial charge in [0.15, 0.2) is 5.82 Å². The van der Waals surface area contributed by atoms with Crippen LogP contribution < -0.4 is 15.0 Å². The summed E-state index contributed by atoms with van der Waals surface area (Å²) in [6, 6.07) is 5.44. The van der Waals surface area contributed by atoms with Crippen molar-refractivity contribution in [2.24, 2.45) is 0 Å². The van der Waals surface area contributed by atoms with E-state index in [9.17, 15) is 19.7 Å². The van der Waals surface area contributed by atoms with Crippen LogP contribution in [0.3, 0.4) is 0 Å². The first kappa shape index (κ1) is 27.4. The van der Waals surface area contributed by atoms with Crippen molar-refractivity contribution < 1.29 is 28.8 Å². The Morgan fingerprint density at radius 3 is 2.52 bits per heavy atom. The predicted molar refractivity (Wildman–Crippen MR) is 158 cm³/mol. The number of aromatic hydroxyl groups is 1. The molecule has 4 N–H and O–H groups in total. The Labute approximate surface area is 251 Å². The Bertz CT molecular complexity index is 1870. The molecule has 12 heteroatoms. The molecule has 2 bridgehead atoms. The van der Waals surface area contributed by atoms with Crippen LogP contribution in [0.1, 0.15) is 37.7 Å². The third kappa shape index (κ3) is 3.97. The molecule has 5 aliphatic heterocycles. The molecular weight excluding hydrogens is 570 g/mol. The maximum absolute atomic E-state index is 16.7. The number of fused-ring (bicyclic) bond motifs is 5. The number of rotatable bonds is 5. The summed E-state index contributed by atoms with van der Waals surface area (Å²) in [5, 5.41) is 37.6. The second kappa shape index (κ2) is 9.67. The largest absolute Gasteiger partial charge is 0.508 e. The molecule has 9 rings (SSSR count). The van der Waals surface area contributed by atoms with Gasteiger partial charge in [-0.05, 0) is 68.8 Å². The van der Waals surface area contributed by atoms with E-state index in [4.69, 9.17) is 11.2 Å². The van der Waals surface area contributed by atoms with E-state index in [0.29, 0.717) is 42.5 Å². The van der Waals surface area contributed by atoms with E-state index in [1.165, 1.54) is 30.5 Å². The van der Waals surface area contributed by atoms with E-state index in [1.807, 2.05) is 9.80 Å². The maximum Gasteiger partial charge on any atom is 0.343 e. The summed E-state index contributed by atoms with van der Waals surface area (Å²) < 4.78 is 37.3. The van der Waals surface area contributed by atoms with E-state index in [1.54, 1.807) is 0 Å². The Kier molecular flexibility index (Phi) is 6.02. The number of phenolic OH excluding ortho intramolecular Hbond substituents is 1. The fraction of sp³-hybridized carbons (Fsp3) is 0.406. The van der Waals surface area contributed by atoms with Crippen LogP contribution in [0, 0.1) is 24.0 Å². The maximum atomic E-state index is 16.7. The summed E-state index contributed by atoms with van der Waals surface area (Å²) in [5.74, 6) is -1.65. The van der Waals surface area contributed by atoms with Gasteiger partial charge in [0.25, 0.3) is 0 Å². The third-order valence-electron chi connectivity index (χ3n) is 9.80. The molecule has 2 aromatic heterocycles. The van der Waals surface area contributed by atoms with Gasteiger partial charge in [-0.3, -0.25) is 9.88 Å². The van der Waals surface area contributed by atoms with E-state index in [0.717, 1.165) is 32.4 Å². The van der Waals surface area contributed by atoms with Crippen molar-refractivity contribution in [2.75, 3.05) is 31.1 Å². The number of aliphatic hydroxyl groups is 2. The number of hydrogen-bond donors (Lipinski definition) is 4. The SMILES string of the molecule is C#Cc1c(F)ccc2cc(O)cc(-c3ncc4c(N5CC6CC(C5)N6)nc(OC(O)(O)C56CCCN5CCC6)nc4c3F)c12. The molecule has 0 saturated carbocycles. The minimum absolute atomic E-state index is 0.0861. The Morgan fingerprint density at radius 1 is 1.09 bits per heavy atom. The number of aromatic nitrogens is 3. The van der Waals surface area contributed by atoms with Gasteiger partial charge in [-0.25, -0.2) is 8.78 Å². The molecule has 0 spiro atoms. The summed E-state index contributed by atoms with van der Waals surface area (Å²) in [6.45, 7) is 2.66. The van der Waals surface area contributed by atoms with Crippen LogP contribution in [0.15, 0.2) is 30.5 Å². The number of halogens is 2. The molecule has 10 nitrogen and oxygen atoms in total. The number of phenols is 1. The van der Waals surface area contributed by atoms with Crippen LogP contribution in [0.5, 0.6) is 11.8 Å². The summed E-state index contributed by atoms with van der Waals surface area (Å²) in [7, 11) is 0. The number of piperazine rings is 1. The fourth-order valence-corrected chi connectivity index (χ4v) is 7.80. The van der Waals surface area contributed by atoms with Gasteiger partial charge in [0, 0.05) is 42.3 Å². The number of nitrogens with one attached hydrogen (secondary N) is 1. The van der Waals surface area contributed by atoms with Crippen molar-refractivity contribution in [3.05, 3.63) is 47.7 Å². The first-order valence-corrected chi connectivity index (χ1v) is 14.9. The lowest BCUT2D eigenvalue weighted by Crippen LogP contribution is -2.67. The highest BCUT2D eigenvalue weighted by atomic mass is 19.1. The van der Waals surface area contributed by atoms with Crippen molar-refractivity contribution in [1.82, 2.24) is 25.2 Å². The van der Waals surface area contributed by atoms with Gasteiger partial charge in [0.05, 0.1) is 10.9 Å². The molecule has 2 unspecified atom stereocenters. The van der Waals surface area contributed by atoms with Crippen LogP contribution >= 0.6 is 0 Å². The van der Waals surface area contributed by atoms with E-state index in [2.05, 4.69) is 26.2 Å². The topological polar surface area (TPSA) is 127 Å². The molecular formula is C32H30F2N6O4. The Hall–Kier alpha value is -4.15. The van der Waals surface area contributed by atoms with Gasteiger partial charge in [-0.2, -0.15) is 9.97 Å². The van der Waals surface area contributed by atoms with Crippen molar-refractivity contribution in [2.45, 2.75) is 55.7 Å². The summed E-state index contributed by atoms with van der Waals surface area (Å²) in [5.41, 5.74) is -1.40. The monoisotopic (exact) mass is 600 g/mol. The highest BCUT2D eigenvalue weighted by molar-refractivity contribution is 6.03. The lowest BCUT2D eigenvalue weighted by molar-refractivity contribution is -0.349. The standard InChI is InChI=1S/C32H30F2N6O4/c1-2-21-24(33)6-5-17-11-20(41)13-22(25(17)21)27-26(34)28-23(14-35-27)29(39-15-18-12-19(16-39)36-18)38-30(37-28)44-32(42,43)31-7-3-9-40(31)10-4-8-31/h1,5-6,11,13-14,18-19,36,41-43H,3-4,7-10,12,15-16H2. The molecule has 0 aliphatic carbocycles. The minimum atomic E-state index is -2.62. The Balaban J connectivity index is 1.31. The van der Waals surface area contributed by atoms with Crippen molar-refractivity contribution in [3.63, 3.8) is 0 Å². The van der Waals surface area contributed by atoms with Crippen molar-refractivity contribution >= 4 is 27.5 Å². The minimum Gasteiger partial charge on any atom is -0.508 e. The number of terminal acetylenes is 1. The number of piperidine rings is 1. The van der Waals surface area contributed by atoms with Gasteiger partial charge in [-0.1, -0.05) is 12.0 Å². The van der Waals surface area contributed by atoms with E-state index >= 15 is 4.39 Å². The van der Waals surface area contributed by atoms with Crippen LogP contribution in [0.25, 0.3) is 32.9 Å². The number of benzene rings is 2. The normalized spacial score (nSPS) is 22.7. The van der Waals surface area contributed by atoms with Gasteiger partial charge < -0.3 is 30.3 Å². The van der Waals surface area contributed by atoms with Crippen LogP contribution in [-0.2, 0) is 0 Å².